The molecule has 1 N–H and O–H groups in total. The molecule has 0 heterocycles. The van der Waals surface area contributed by atoms with E-state index in [4.69, 9.17) is 0 Å². The van der Waals surface area contributed by atoms with Gasteiger partial charge in [-0.25, -0.2) is 4.79 Å². The molecule has 5 nitrogen and oxygen atoms in total. The van der Waals surface area contributed by atoms with Crippen molar-refractivity contribution in [3.8, 4) is 0 Å². The fourth-order valence-corrected chi connectivity index (χ4v) is 0.968. The first-order chi connectivity index (χ1) is 7.21. The van der Waals surface area contributed by atoms with Gasteiger partial charge in [0.1, 0.15) is 0 Å². The number of alkyl halides is 3. The highest BCUT2D eigenvalue weighted by atomic mass is 19.4. The van der Waals surface area contributed by atoms with E-state index in [1.165, 1.54) is 12.2 Å². The van der Waals surface area contributed by atoms with Crippen LogP contribution < -0.4 is 5.32 Å². The number of carbonyl (C=O) groups excluding carboxylic acids is 2. The zero-order chi connectivity index (χ0) is 13.0. The molecule has 0 fully saturated rings. The van der Waals surface area contributed by atoms with Gasteiger partial charge in [0.05, 0.1) is 6.61 Å². The molecule has 0 bridgehead atoms. The Bertz CT molecular complexity index is 279. The van der Waals surface area contributed by atoms with Crippen molar-refractivity contribution in [1.29, 1.82) is 0 Å². The van der Waals surface area contributed by atoms with Crippen LogP contribution in [0, 0.1) is 0 Å². The molecule has 1 atom stereocenters. The summed E-state index contributed by atoms with van der Waals surface area (Å²) in [5.41, 5.74) is -3.45. The molecule has 0 aromatic heterocycles. The number of hydrogen-bond acceptors (Lipinski definition) is 4. The fourth-order valence-electron chi connectivity index (χ4n) is 0.968. The summed E-state index contributed by atoms with van der Waals surface area (Å²) < 4.78 is 46.3. The number of esters is 1. The highest BCUT2D eigenvalue weighted by molar-refractivity contribution is 5.86. The second kappa shape index (κ2) is 5.15. The number of ether oxygens (including phenoxy) is 2. The lowest BCUT2D eigenvalue weighted by Gasteiger charge is -2.31. The zero-order valence-corrected chi connectivity index (χ0v) is 8.97. The first-order valence-electron chi connectivity index (χ1n) is 4.29. The number of nitrogens with one attached hydrogen (secondary N) is 1. The first kappa shape index (κ1) is 14.7. The number of amides is 1. The number of halogens is 3. The molecule has 94 valence electrons. The van der Waals surface area contributed by atoms with E-state index in [1.807, 2.05) is 0 Å². The molecular formula is C8H12F3NO4. The van der Waals surface area contributed by atoms with E-state index in [1.54, 1.807) is 0 Å². The van der Waals surface area contributed by atoms with Crippen LogP contribution in [0.5, 0.6) is 0 Å². The highest BCUT2D eigenvalue weighted by Crippen LogP contribution is 2.32. The summed E-state index contributed by atoms with van der Waals surface area (Å²) in [5.74, 6) is -2.77. The van der Waals surface area contributed by atoms with E-state index in [2.05, 4.69) is 9.47 Å². The van der Waals surface area contributed by atoms with Gasteiger partial charge in [0.15, 0.2) is 0 Å². The topological polar surface area (TPSA) is 64.6 Å². The van der Waals surface area contributed by atoms with Crippen LogP contribution in [-0.4, -0.2) is 37.5 Å². The van der Waals surface area contributed by atoms with Gasteiger partial charge in [-0.15, -0.1) is 0 Å². The number of hydrogen-bond donors (Lipinski definition) is 1. The van der Waals surface area contributed by atoms with Crippen molar-refractivity contribution in [1.82, 2.24) is 5.32 Å². The maximum absolute atomic E-state index is 12.7. The Hall–Kier alpha value is -1.31. The third-order valence-corrected chi connectivity index (χ3v) is 1.62. The fraction of sp³-hybridized carbons (Fsp3) is 0.750. The number of rotatable bonds is 4. The van der Waals surface area contributed by atoms with Crippen molar-refractivity contribution < 1.29 is 32.2 Å². The molecule has 0 radical (unpaired) electrons. The van der Waals surface area contributed by atoms with Gasteiger partial charge < -0.3 is 14.8 Å². The molecule has 0 aromatic carbocycles. The smallest absolute Gasteiger partial charge is 0.448 e. The van der Waals surface area contributed by atoms with Crippen LogP contribution in [0.1, 0.15) is 13.8 Å². The van der Waals surface area contributed by atoms with Crippen molar-refractivity contribution >= 4 is 11.9 Å². The summed E-state index contributed by atoms with van der Waals surface area (Å²) in [7, 11) is 0.653. The molecule has 0 aromatic rings. The molecule has 0 saturated heterocycles. The Labute approximate surface area is 89.9 Å². The van der Waals surface area contributed by atoms with Crippen LogP contribution in [0.15, 0.2) is 0 Å². The van der Waals surface area contributed by atoms with E-state index in [-0.39, 0.29) is 6.61 Å². The molecule has 8 heteroatoms. The maximum atomic E-state index is 12.7. The van der Waals surface area contributed by atoms with Gasteiger partial charge in [0, 0.05) is 14.0 Å². The predicted octanol–water partition coefficient (Wildman–Crippen LogP) is 0.591. The first-order valence-corrected chi connectivity index (χ1v) is 4.29. The summed E-state index contributed by atoms with van der Waals surface area (Å²) in [6.45, 7) is 1.90. The van der Waals surface area contributed by atoms with Gasteiger partial charge >= 0.3 is 17.9 Å². The van der Waals surface area contributed by atoms with Gasteiger partial charge in [-0.1, -0.05) is 0 Å². The lowest BCUT2D eigenvalue weighted by Crippen LogP contribution is -2.65. The lowest BCUT2D eigenvalue weighted by atomic mass is 10.2. The molecule has 0 aliphatic heterocycles. The minimum atomic E-state index is -5.11. The number of carbonyl (C=O) groups is 2. The molecule has 0 aliphatic rings. The van der Waals surface area contributed by atoms with Crippen molar-refractivity contribution in [3.05, 3.63) is 0 Å². The minimum Gasteiger partial charge on any atom is -0.462 e. The molecule has 0 spiro atoms. The highest BCUT2D eigenvalue weighted by Gasteiger charge is 2.64. The zero-order valence-electron chi connectivity index (χ0n) is 8.97. The maximum Gasteiger partial charge on any atom is 0.448 e. The Morgan fingerprint density at radius 2 is 1.81 bits per heavy atom. The van der Waals surface area contributed by atoms with Crippen LogP contribution >= 0.6 is 0 Å². The van der Waals surface area contributed by atoms with E-state index in [0.29, 0.717) is 7.11 Å². The average Bonchev–Trinajstić information content (AvgIpc) is 2.12. The van der Waals surface area contributed by atoms with Crippen LogP contribution in [0.4, 0.5) is 13.2 Å². The summed E-state index contributed by atoms with van der Waals surface area (Å²) in [6.07, 6.45) is -5.11. The summed E-state index contributed by atoms with van der Waals surface area (Å²) in [4.78, 5) is 21.9. The van der Waals surface area contributed by atoms with Crippen LogP contribution in [-0.2, 0) is 19.1 Å². The van der Waals surface area contributed by atoms with Crippen molar-refractivity contribution in [2.75, 3.05) is 13.7 Å². The van der Waals surface area contributed by atoms with Gasteiger partial charge in [-0.05, 0) is 6.92 Å². The average molecular weight is 243 g/mol. The molecule has 0 saturated carbocycles. The predicted molar refractivity (Wildman–Crippen MR) is 46.2 cm³/mol. The third kappa shape index (κ3) is 2.84. The summed E-state index contributed by atoms with van der Waals surface area (Å²) in [5, 5.41) is 1.41. The summed E-state index contributed by atoms with van der Waals surface area (Å²) >= 11 is 0. The minimum absolute atomic E-state index is 0.264. The van der Waals surface area contributed by atoms with E-state index in [9.17, 15) is 22.8 Å². The van der Waals surface area contributed by atoms with Crippen LogP contribution in [0.2, 0.25) is 0 Å². The van der Waals surface area contributed by atoms with Crippen LogP contribution in [0.3, 0.4) is 0 Å². The SMILES string of the molecule is CCOC(=O)[C@@](NC(C)=O)(OC)C(F)(F)F. The largest absolute Gasteiger partial charge is 0.462 e. The second-order valence-electron chi connectivity index (χ2n) is 2.78. The van der Waals surface area contributed by atoms with Crippen molar-refractivity contribution in [2.24, 2.45) is 0 Å². The van der Waals surface area contributed by atoms with E-state index >= 15 is 0 Å². The molecule has 16 heavy (non-hydrogen) atoms. The van der Waals surface area contributed by atoms with Crippen LogP contribution in [0.25, 0.3) is 0 Å². The van der Waals surface area contributed by atoms with Gasteiger partial charge in [0.25, 0.3) is 0 Å². The molecular weight excluding hydrogens is 231 g/mol. The molecule has 0 rings (SSSR count). The molecule has 1 amide bonds. The molecule has 0 unspecified atom stereocenters. The molecule has 0 aliphatic carbocycles. The van der Waals surface area contributed by atoms with Gasteiger partial charge in [0.2, 0.25) is 5.91 Å². The number of methoxy groups -OCH3 is 1. The van der Waals surface area contributed by atoms with Gasteiger partial charge in [-0.3, -0.25) is 4.79 Å². The Balaban J connectivity index is 5.28. The van der Waals surface area contributed by atoms with Crippen molar-refractivity contribution in [3.63, 3.8) is 0 Å². The normalized spacial score (nSPS) is 15.1. The second-order valence-corrected chi connectivity index (χ2v) is 2.78. The standard InChI is InChI=1S/C8H12F3NO4/c1-4-16-6(14)7(15-3,8(9,10)11)12-5(2)13/h4H2,1-3H3,(H,12,13)/t7-/m1/s1. The van der Waals surface area contributed by atoms with Crippen molar-refractivity contribution in [2.45, 2.75) is 25.7 Å². The third-order valence-electron chi connectivity index (χ3n) is 1.62. The van der Waals surface area contributed by atoms with Gasteiger partial charge in [-0.2, -0.15) is 13.2 Å². The quantitative estimate of drug-likeness (QED) is 0.579. The lowest BCUT2D eigenvalue weighted by molar-refractivity contribution is -0.279. The monoisotopic (exact) mass is 243 g/mol. The Morgan fingerprint density at radius 1 is 1.31 bits per heavy atom. The Morgan fingerprint density at radius 3 is 2.06 bits per heavy atom. The summed E-state index contributed by atoms with van der Waals surface area (Å²) in [6, 6.07) is 0. The van der Waals surface area contributed by atoms with E-state index in [0.717, 1.165) is 6.92 Å². The van der Waals surface area contributed by atoms with E-state index < -0.39 is 23.8 Å². The Kier molecular flexibility index (Phi) is 4.73.